The molecular formula is C9H17N3O. The van der Waals surface area contributed by atoms with E-state index in [1.165, 1.54) is 0 Å². The first-order valence-electron chi connectivity index (χ1n) is 4.72. The standard InChI is InChI=1S/C9H17N3O/c1-2-12-8-9(7-11-12)13-6-4-3-5-10/h7-8H,2-6,10H2,1H3. The summed E-state index contributed by atoms with van der Waals surface area (Å²) in [6.45, 7) is 4.39. The van der Waals surface area contributed by atoms with Gasteiger partial charge in [-0.2, -0.15) is 5.10 Å². The number of aromatic nitrogens is 2. The molecule has 0 aliphatic heterocycles. The predicted molar refractivity (Wildman–Crippen MR) is 51.7 cm³/mol. The molecule has 0 spiro atoms. The molecule has 0 aromatic carbocycles. The molecule has 0 saturated carbocycles. The average Bonchev–Trinajstić information content (AvgIpc) is 2.60. The van der Waals surface area contributed by atoms with E-state index in [0.717, 1.165) is 38.3 Å². The Kier molecular flexibility index (Phi) is 4.32. The fraction of sp³-hybridized carbons (Fsp3) is 0.667. The molecule has 0 radical (unpaired) electrons. The molecule has 0 fully saturated rings. The Morgan fingerprint density at radius 1 is 1.54 bits per heavy atom. The van der Waals surface area contributed by atoms with Gasteiger partial charge in [0.15, 0.2) is 5.75 Å². The molecule has 0 aliphatic rings. The lowest BCUT2D eigenvalue weighted by atomic mass is 10.3. The van der Waals surface area contributed by atoms with Crippen molar-refractivity contribution in [2.45, 2.75) is 26.3 Å². The maximum absolute atomic E-state index is 5.45. The van der Waals surface area contributed by atoms with Crippen molar-refractivity contribution >= 4 is 0 Å². The van der Waals surface area contributed by atoms with E-state index >= 15 is 0 Å². The Bertz CT molecular complexity index is 235. The highest BCUT2D eigenvalue weighted by atomic mass is 16.5. The molecular weight excluding hydrogens is 166 g/mol. The molecule has 1 aromatic rings. The molecule has 4 nitrogen and oxygen atoms in total. The summed E-state index contributed by atoms with van der Waals surface area (Å²) in [6, 6.07) is 0. The molecule has 74 valence electrons. The van der Waals surface area contributed by atoms with Crippen LogP contribution in [0, 0.1) is 0 Å². The van der Waals surface area contributed by atoms with Gasteiger partial charge in [0.1, 0.15) is 0 Å². The van der Waals surface area contributed by atoms with Gasteiger partial charge in [0, 0.05) is 6.54 Å². The van der Waals surface area contributed by atoms with Crippen LogP contribution in [0.5, 0.6) is 5.75 Å². The number of hydrogen-bond donors (Lipinski definition) is 1. The Morgan fingerprint density at radius 3 is 3.00 bits per heavy atom. The van der Waals surface area contributed by atoms with Gasteiger partial charge in [0.05, 0.1) is 19.0 Å². The van der Waals surface area contributed by atoms with Gasteiger partial charge in [-0.3, -0.25) is 4.68 Å². The van der Waals surface area contributed by atoms with Gasteiger partial charge in [-0.15, -0.1) is 0 Å². The molecule has 0 aliphatic carbocycles. The molecule has 0 atom stereocenters. The van der Waals surface area contributed by atoms with Crippen molar-refractivity contribution in [1.29, 1.82) is 0 Å². The van der Waals surface area contributed by atoms with Crippen LogP contribution in [0.3, 0.4) is 0 Å². The zero-order valence-electron chi connectivity index (χ0n) is 8.07. The van der Waals surface area contributed by atoms with Crippen LogP contribution in [0.1, 0.15) is 19.8 Å². The van der Waals surface area contributed by atoms with Crippen molar-refractivity contribution in [2.24, 2.45) is 5.73 Å². The zero-order valence-corrected chi connectivity index (χ0v) is 8.07. The monoisotopic (exact) mass is 183 g/mol. The van der Waals surface area contributed by atoms with Crippen molar-refractivity contribution in [3.63, 3.8) is 0 Å². The second-order valence-electron chi connectivity index (χ2n) is 2.88. The van der Waals surface area contributed by atoms with Crippen molar-refractivity contribution in [1.82, 2.24) is 9.78 Å². The molecule has 1 heterocycles. The van der Waals surface area contributed by atoms with Gasteiger partial charge in [0.2, 0.25) is 0 Å². The summed E-state index contributed by atoms with van der Waals surface area (Å²) in [4.78, 5) is 0. The SMILES string of the molecule is CCn1cc(OCCCCN)cn1. The maximum atomic E-state index is 5.45. The minimum Gasteiger partial charge on any atom is -0.490 e. The summed E-state index contributed by atoms with van der Waals surface area (Å²) >= 11 is 0. The predicted octanol–water partition coefficient (Wildman–Crippen LogP) is 1.02. The van der Waals surface area contributed by atoms with Crippen LogP contribution in [0.15, 0.2) is 12.4 Å². The first-order chi connectivity index (χ1) is 6.36. The van der Waals surface area contributed by atoms with E-state index in [0.29, 0.717) is 0 Å². The number of ether oxygens (including phenoxy) is 1. The number of aryl methyl sites for hydroxylation is 1. The Labute approximate surface area is 78.7 Å². The van der Waals surface area contributed by atoms with E-state index < -0.39 is 0 Å². The molecule has 1 rings (SSSR count). The van der Waals surface area contributed by atoms with Gasteiger partial charge in [0.25, 0.3) is 0 Å². The van der Waals surface area contributed by atoms with Crippen molar-refractivity contribution in [2.75, 3.05) is 13.2 Å². The first-order valence-corrected chi connectivity index (χ1v) is 4.72. The minimum absolute atomic E-state index is 0.729. The number of unbranched alkanes of at least 4 members (excludes halogenated alkanes) is 1. The fourth-order valence-corrected chi connectivity index (χ4v) is 1.03. The highest BCUT2D eigenvalue weighted by Crippen LogP contribution is 2.08. The van der Waals surface area contributed by atoms with Crippen molar-refractivity contribution in [3.05, 3.63) is 12.4 Å². The molecule has 4 heteroatoms. The summed E-state index contributed by atoms with van der Waals surface area (Å²) in [7, 11) is 0. The average molecular weight is 183 g/mol. The van der Waals surface area contributed by atoms with Gasteiger partial charge in [-0.1, -0.05) is 0 Å². The minimum atomic E-state index is 0.729. The van der Waals surface area contributed by atoms with Crippen molar-refractivity contribution in [3.8, 4) is 5.75 Å². The quantitative estimate of drug-likeness (QED) is 0.670. The summed E-state index contributed by atoms with van der Waals surface area (Å²) in [5.41, 5.74) is 5.36. The lowest BCUT2D eigenvalue weighted by molar-refractivity contribution is 0.307. The van der Waals surface area contributed by atoms with Crippen LogP contribution in [0.2, 0.25) is 0 Å². The highest BCUT2D eigenvalue weighted by Gasteiger charge is 1.96. The summed E-state index contributed by atoms with van der Waals surface area (Å²) in [5, 5.41) is 4.10. The second kappa shape index (κ2) is 5.59. The molecule has 1 aromatic heterocycles. The Morgan fingerprint density at radius 2 is 2.38 bits per heavy atom. The van der Waals surface area contributed by atoms with E-state index in [1.54, 1.807) is 6.20 Å². The van der Waals surface area contributed by atoms with E-state index in [-0.39, 0.29) is 0 Å². The molecule has 0 unspecified atom stereocenters. The summed E-state index contributed by atoms with van der Waals surface area (Å²) in [6.07, 6.45) is 5.67. The third-order valence-corrected chi connectivity index (χ3v) is 1.80. The molecule has 0 amide bonds. The number of nitrogens with zero attached hydrogens (tertiary/aromatic N) is 2. The van der Waals surface area contributed by atoms with E-state index in [1.807, 2.05) is 17.8 Å². The molecule has 2 N–H and O–H groups in total. The third kappa shape index (κ3) is 3.46. The van der Waals surface area contributed by atoms with Crippen LogP contribution in [0.4, 0.5) is 0 Å². The third-order valence-electron chi connectivity index (χ3n) is 1.80. The topological polar surface area (TPSA) is 53.1 Å². The van der Waals surface area contributed by atoms with Gasteiger partial charge in [-0.05, 0) is 26.3 Å². The zero-order chi connectivity index (χ0) is 9.52. The van der Waals surface area contributed by atoms with E-state index in [4.69, 9.17) is 10.5 Å². The van der Waals surface area contributed by atoms with Gasteiger partial charge >= 0.3 is 0 Å². The summed E-state index contributed by atoms with van der Waals surface area (Å²) in [5.74, 6) is 0.846. The van der Waals surface area contributed by atoms with Crippen LogP contribution < -0.4 is 10.5 Å². The second-order valence-corrected chi connectivity index (χ2v) is 2.88. The number of rotatable bonds is 6. The molecule has 13 heavy (non-hydrogen) atoms. The maximum Gasteiger partial charge on any atom is 0.157 e. The number of nitrogens with two attached hydrogens (primary N) is 1. The van der Waals surface area contributed by atoms with Gasteiger partial charge < -0.3 is 10.5 Å². The van der Waals surface area contributed by atoms with Gasteiger partial charge in [-0.25, -0.2) is 0 Å². The largest absolute Gasteiger partial charge is 0.490 e. The lowest BCUT2D eigenvalue weighted by Gasteiger charge is -2.01. The molecule has 0 bridgehead atoms. The van der Waals surface area contributed by atoms with Crippen LogP contribution in [0.25, 0.3) is 0 Å². The van der Waals surface area contributed by atoms with E-state index in [9.17, 15) is 0 Å². The van der Waals surface area contributed by atoms with E-state index in [2.05, 4.69) is 5.10 Å². The van der Waals surface area contributed by atoms with Crippen molar-refractivity contribution < 1.29 is 4.74 Å². The highest BCUT2D eigenvalue weighted by molar-refractivity contribution is 5.11. The Hall–Kier alpha value is -1.03. The first kappa shape index (κ1) is 10.1. The van der Waals surface area contributed by atoms with Crippen LogP contribution in [-0.2, 0) is 6.54 Å². The number of hydrogen-bond acceptors (Lipinski definition) is 3. The van der Waals surface area contributed by atoms with Crippen LogP contribution in [-0.4, -0.2) is 22.9 Å². The normalized spacial score (nSPS) is 10.3. The van der Waals surface area contributed by atoms with Crippen LogP contribution >= 0.6 is 0 Å². The fourth-order valence-electron chi connectivity index (χ4n) is 1.03. The molecule has 0 saturated heterocycles. The Balaban J connectivity index is 2.20. The summed E-state index contributed by atoms with van der Waals surface area (Å²) < 4.78 is 7.30. The smallest absolute Gasteiger partial charge is 0.157 e. The lowest BCUT2D eigenvalue weighted by Crippen LogP contribution is -2.03.